The zero-order chi connectivity index (χ0) is 17.3. The maximum atomic E-state index is 12.1. The van der Waals surface area contributed by atoms with E-state index in [0.29, 0.717) is 36.4 Å². The average molecular weight is 339 g/mol. The number of esters is 1. The first kappa shape index (κ1) is 17.5. The molecule has 0 unspecified atom stereocenters. The van der Waals surface area contributed by atoms with Crippen molar-refractivity contribution in [3.8, 4) is 0 Å². The molecule has 0 aromatic carbocycles. The highest BCUT2D eigenvalue weighted by molar-refractivity contribution is 6.74. The fraction of sp³-hybridized carbons (Fsp3) is 0.947. The number of hydrogen-bond donors (Lipinski definition) is 0. The summed E-state index contributed by atoms with van der Waals surface area (Å²) >= 11 is 0. The number of cyclic esters (lactones) is 1. The molecule has 0 N–H and O–H groups in total. The summed E-state index contributed by atoms with van der Waals surface area (Å²) in [7, 11) is -1.79. The summed E-state index contributed by atoms with van der Waals surface area (Å²) in [6.07, 6.45) is 4.36. The van der Waals surface area contributed by atoms with E-state index >= 15 is 0 Å². The normalized spacial score (nSPS) is 39.8. The molecule has 4 atom stereocenters. The first-order valence-electron chi connectivity index (χ1n) is 9.20. The Morgan fingerprint density at radius 3 is 2.52 bits per heavy atom. The van der Waals surface area contributed by atoms with E-state index in [4.69, 9.17) is 9.16 Å². The van der Waals surface area contributed by atoms with Crippen LogP contribution in [0.2, 0.25) is 18.1 Å². The molecular weight excluding hydrogens is 304 g/mol. The highest BCUT2D eigenvalue weighted by atomic mass is 28.4. The molecule has 1 aliphatic heterocycles. The van der Waals surface area contributed by atoms with Crippen molar-refractivity contribution >= 4 is 14.3 Å². The van der Waals surface area contributed by atoms with Crippen molar-refractivity contribution in [2.75, 3.05) is 6.61 Å². The van der Waals surface area contributed by atoms with Gasteiger partial charge in [-0.1, -0.05) is 34.6 Å². The van der Waals surface area contributed by atoms with Crippen molar-refractivity contribution in [1.82, 2.24) is 0 Å². The minimum atomic E-state index is -1.79. The van der Waals surface area contributed by atoms with Gasteiger partial charge in [-0.25, -0.2) is 0 Å². The van der Waals surface area contributed by atoms with Gasteiger partial charge < -0.3 is 9.16 Å². The standard InChI is InChI=1S/C19H34O3Si/c1-17(2,3)23(6,7)22-15-8-13-11-21-16(20)10-19(13)12-18(4,5)9-14(15)19/h13-15H,8-12H2,1-7H3/t13-,14+,15+,19-/m1/s1. The van der Waals surface area contributed by atoms with E-state index in [1.54, 1.807) is 0 Å². The molecule has 3 aliphatic rings. The van der Waals surface area contributed by atoms with Gasteiger partial charge in [-0.15, -0.1) is 0 Å². The lowest BCUT2D eigenvalue weighted by molar-refractivity contribution is -0.159. The Balaban J connectivity index is 1.89. The molecule has 3 nitrogen and oxygen atoms in total. The van der Waals surface area contributed by atoms with Gasteiger partial charge in [0.2, 0.25) is 0 Å². The Bertz CT molecular complexity index is 505. The zero-order valence-electron chi connectivity index (χ0n) is 16.0. The smallest absolute Gasteiger partial charge is 0.306 e. The van der Waals surface area contributed by atoms with Gasteiger partial charge in [-0.05, 0) is 54.1 Å². The summed E-state index contributed by atoms with van der Waals surface area (Å²) in [5, 5.41) is 0.231. The van der Waals surface area contributed by atoms with Crippen LogP contribution in [-0.4, -0.2) is 27.0 Å². The van der Waals surface area contributed by atoms with Gasteiger partial charge in [0.1, 0.15) is 0 Å². The lowest BCUT2D eigenvalue weighted by Gasteiger charge is -2.41. The second-order valence-corrected chi connectivity index (χ2v) is 15.4. The Morgan fingerprint density at radius 2 is 1.91 bits per heavy atom. The minimum Gasteiger partial charge on any atom is -0.465 e. The van der Waals surface area contributed by atoms with E-state index in [0.717, 1.165) is 12.8 Å². The Kier molecular flexibility index (Phi) is 3.85. The van der Waals surface area contributed by atoms with Gasteiger partial charge in [-0.3, -0.25) is 4.79 Å². The van der Waals surface area contributed by atoms with E-state index in [1.165, 1.54) is 6.42 Å². The van der Waals surface area contributed by atoms with Crippen LogP contribution in [0.5, 0.6) is 0 Å². The summed E-state index contributed by atoms with van der Waals surface area (Å²) in [5.41, 5.74) is 0.460. The van der Waals surface area contributed by atoms with Gasteiger partial charge in [-0.2, -0.15) is 0 Å². The van der Waals surface area contributed by atoms with Crippen molar-refractivity contribution in [3.63, 3.8) is 0 Å². The van der Waals surface area contributed by atoms with Crippen LogP contribution in [0.15, 0.2) is 0 Å². The molecule has 1 spiro atoms. The Labute approximate surface area is 142 Å². The SMILES string of the molecule is CC1(C)C[C@H]2[C@@H](O[Si](C)(C)C(C)(C)C)C[C@@H]3COC(=O)C[C@@]32C1. The molecule has 4 heteroatoms. The van der Waals surface area contributed by atoms with Gasteiger partial charge in [0.25, 0.3) is 0 Å². The van der Waals surface area contributed by atoms with Gasteiger partial charge >= 0.3 is 5.97 Å². The summed E-state index contributed by atoms with van der Waals surface area (Å²) < 4.78 is 12.3. The molecule has 1 heterocycles. The first-order chi connectivity index (χ1) is 10.4. The van der Waals surface area contributed by atoms with Crippen LogP contribution in [0.1, 0.15) is 60.3 Å². The molecule has 23 heavy (non-hydrogen) atoms. The molecule has 3 rings (SSSR count). The maximum absolute atomic E-state index is 12.1. The molecule has 1 saturated heterocycles. The summed E-state index contributed by atoms with van der Waals surface area (Å²) in [6.45, 7) is 17.0. The number of carbonyl (C=O) groups is 1. The van der Waals surface area contributed by atoms with Crippen molar-refractivity contribution in [1.29, 1.82) is 0 Å². The van der Waals surface area contributed by atoms with E-state index < -0.39 is 8.32 Å². The second kappa shape index (κ2) is 5.07. The lowest BCUT2D eigenvalue weighted by Crippen LogP contribution is -2.45. The number of ether oxygens (including phenoxy) is 1. The third-order valence-corrected chi connectivity index (χ3v) is 11.8. The molecule has 0 aromatic rings. The van der Waals surface area contributed by atoms with Gasteiger partial charge in [0.15, 0.2) is 8.32 Å². The summed E-state index contributed by atoms with van der Waals surface area (Å²) in [5.74, 6) is 1.04. The van der Waals surface area contributed by atoms with E-state index in [2.05, 4.69) is 47.7 Å². The van der Waals surface area contributed by atoms with Crippen LogP contribution in [0.25, 0.3) is 0 Å². The zero-order valence-corrected chi connectivity index (χ0v) is 17.0. The van der Waals surface area contributed by atoms with Crippen LogP contribution < -0.4 is 0 Å². The average Bonchev–Trinajstić information content (AvgIpc) is 2.75. The molecule has 0 amide bonds. The molecule has 0 aromatic heterocycles. The quantitative estimate of drug-likeness (QED) is 0.537. The second-order valence-electron chi connectivity index (χ2n) is 10.6. The number of carbonyl (C=O) groups excluding carboxylic acids is 1. The predicted molar refractivity (Wildman–Crippen MR) is 94.7 cm³/mol. The summed E-state index contributed by atoms with van der Waals surface area (Å²) in [6, 6.07) is 0. The van der Waals surface area contributed by atoms with E-state index in [-0.39, 0.29) is 16.4 Å². The third-order valence-electron chi connectivity index (χ3n) is 7.27. The van der Waals surface area contributed by atoms with E-state index in [1.807, 2.05) is 0 Å². The third kappa shape index (κ3) is 2.80. The van der Waals surface area contributed by atoms with Gasteiger partial charge in [0.05, 0.1) is 13.0 Å². The predicted octanol–water partition coefficient (Wildman–Crippen LogP) is 4.77. The minimum absolute atomic E-state index is 0.0110. The Morgan fingerprint density at radius 1 is 1.26 bits per heavy atom. The number of rotatable bonds is 2. The monoisotopic (exact) mass is 338 g/mol. The van der Waals surface area contributed by atoms with Crippen LogP contribution in [-0.2, 0) is 14.0 Å². The topological polar surface area (TPSA) is 35.5 Å². The molecule has 3 fully saturated rings. The Hall–Kier alpha value is -0.353. The van der Waals surface area contributed by atoms with Crippen molar-refractivity contribution in [3.05, 3.63) is 0 Å². The molecule has 2 saturated carbocycles. The molecule has 0 bridgehead atoms. The van der Waals surface area contributed by atoms with Crippen molar-refractivity contribution in [2.45, 2.75) is 84.5 Å². The molecule has 132 valence electrons. The van der Waals surface area contributed by atoms with Crippen molar-refractivity contribution in [2.24, 2.45) is 22.7 Å². The lowest BCUT2D eigenvalue weighted by atomic mass is 9.69. The van der Waals surface area contributed by atoms with Crippen molar-refractivity contribution < 1.29 is 14.0 Å². The highest BCUT2D eigenvalue weighted by Gasteiger charge is 2.64. The first-order valence-corrected chi connectivity index (χ1v) is 12.1. The van der Waals surface area contributed by atoms with Crippen LogP contribution in [0.3, 0.4) is 0 Å². The molecular formula is C19H34O3Si. The van der Waals surface area contributed by atoms with Crippen LogP contribution in [0, 0.1) is 22.7 Å². The largest absolute Gasteiger partial charge is 0.465 e. The fourth-order valence-electron chi connectivity index (χ4n) is 5.29. The fourth-order valence-corrected chi connectivity index (χ4v) is 6.66. The van der Waals surface area contributed by atoms with Gasteiger partial charge in [0, 0.05) is 12.0 Å². The maximum Gasteiger partial charge on any atom is 0.306 e. The summed E-state index contributed by atoms with van der Waals surface area (Å²) in [4.78, 5) is 12.1. The van der Waals surface area contributed by atoms with E-state index in [9.17, 15) is 4.79 Å². The van der Waals surface area contributed by atoms with Crippen LogP contribution in [0.4, 0.5) is 0 Å². The molecule has 0 radical (unpaired) electrons. The highest BCUT2D eigenvalue weighted by Crippen LogP contribution is 2.67. The number of hydrogen-bond acceptors (Lipinski definition) is 3. The molecule has 2 aliphatic carbocycles. The van der Waals surface area contributed by atoms with Crippen LogP contribution >= 0.6 is 0 Å².